The van der Waals surface area contributed by atoms with Gasteiger partial charge >= 0.3 is 5.97 Å². The standard InChI is InChI=1S/C18H18N2O5/c1-13-6-8-15(9-7-13)24-11-17(21)20-19-10-14-4-2-3-5-16(14)25-12-18(22)23/h2-10H,11-12H2,1H3,(H,20,21)(H,22,23). The Hall–Kier alpha value is -3.35. The number of hydrogen-bond donors (Lipinski definition) is 2. The molecular weight excluding hydrogens is 324 g/mol. The van der Waals surface area contributed by atoms with Gasteiger partial charge in [-0.2, -0.15) is 5.10 Å². The number of nitrogens with zero attached hydrogens (tertiary/aromatic N) is 1. The number of amides is 1. The molecule has 0 spiro atoms. The van der Waals surface area contributed by atoms with E-state index in [1.807, 2.05) is 19.1 Å². The van der Waals surface area contributed by atoms with Crippen LogP contribution in [-0.4, -0.2) is 36.4 Å². The van der Waals surface area contributed by atoms with Gasteiger partial charge < -0.3 is 14.6 Å². The number of nitrogens with one attached hydrogen (secondary N) is 1. The monoisotopic (exact) mass is 342 g/mol. The average molecular weight is 342 g/mol. The molecule has 0 aliphatic heterocycles. The summed E-state index contributed by atoms with van der Waals surface area (Å²) in [4.78, 5) is 22.3. The van der Waals surface area contributed by atoms with Gasteiger partial charge in [-0.15, -0.1) is 0 Å². The highest BCUT2D eigenvalue weighted by molar-refractivity contribution is 5.85. The Bertz CT molecular complexity index is 756. The van der Waals surface area contributed by atoms with Gasteiger partial charge in [0.15, 0.2) is 13.2 Å². The Morgan fingerprint density at radius 1 is 1.08 bits per heavy atom. The van der Waals surface area contributed by atoms with Gasteiger partial charge in [0.25, 0.3) is 5.91 Å². The molecule has 2 aromatic rings. The molecule has 7 heteroatoms. The maximum absolute atomic E-state index is 11.7. The SMILES string of the molecule is Cc1ccc(OCC(=O)NN=Cc2ccccc2OCC(=O)O)cc1. The zero-order valence-corrected chi connectivity index (χ0v) is 13.6. The zero-order valence-electron chi connectivity index (χ0n) is 13.6. The summed E-state index contributed by atoms with van der Waals surface area (Å²) in [6.45, 7) is 1.34. The molecule has 0 fully saturated rings. The Balaban J connectivity index is 1.84. The highest BCUT2D eigenvalue weighted by Gasteiger charge is 2.04. The van der Waals surface area contributed by atoms with Crippen LogP contribution >= 0.6 is 0 Å². The molecule has 0 radical (unpaired) electrons. The highest BCUT2D eigenvalue weighted by atomic mass is 16.5. The fourth-order valence-corrected chi connectivity index (χ4v) is 1.85. The molecule has 0 aromatic heterocycles. The quantitative estimate of drug-likeness (QED) is 0.565. The van der Waals surface area contributed by atoms with Crippen molar-refractivity contribution in [2.24, 2.45) is 5.10 Å². The van der Waals surface area contributed by atoms with E-state index in [4.69, 9.17) is 14.6 Å². The van der Waals surface area contributed by atoms with Crippen LogP contribution in [0.1, 0.15) is 11.1 Å². The van der Waals surface area contributed by atoms with Gasteiger partial charge in [-0.3, -0.25) is 4.79 Å². The molecule has 0 saturated heterocycles. The summed E-state index contributed by atoms with van der Waals surface area (Å²) in [5, 5.41) is 12.5. The predicted molar refractivity (Wildman–Crippen MR) is 92.0 cm³/mol. The molecule has 0 unspecified atom stereocenters. The van der Waals surface area contributed by atoms with Crippen molar-refractivity contribution in [3.63, 3.8) is 0 Å². The molecule has 2 N–H and O–H groups in total. The molecule has 1 amide bonds. The molecule has 130 valence electrons. The Morgan fingerprint density at radius 2 is 1.80 bits per heavy atom. The van der Waals surface area contributed by atoms with Crippen molar-refractivity contribution in [3.05, 3.63) is 59.7 Å². The molecule has 0 saturated carbocycles. The fourth-order valence-electron chi connectivity index (χ4n) is 1.85. The number of carbonyl (C=O) groups is 2. The van der Waals surface area contributed by atoms with Gasteiger partial charge in [0, 0.05) is 5.56 Å². The first-order valence-electron chi connectivity index (χ1n) is 7.49. The number of para-hydroxylation sites is 1. The van der Waals surface area contributed by atoms with E-state index in [1.54, 1.807) is 36.4 Å². The van der Waals surface area contributed by atoms with Crippen LogP contribution in [0.5, 0.6) is 11.5 Å². The lowest BCUT2D eigenvalue weighted by Crippen LogP contribution is -2.24. The van der Waals surface area contributed by atoms with Crippen LogP contribution in [0.2, 0.25) is 0 Å². The van der Waals surface area contributed by atoms with E-state index in [1.165, 1.54) is 6.21 Å². The van der Waals surface area contributed by atoms with Crippen molar-refractivity contribution >= 4 is 18.1 Å². The Morgan fingerprint density at radius 3 is 2.52 bits per heavy atom. The molecule has 0 aliphatic carbocycles. The first-order chi connectivity index (χ1) is 12.0. The van der Waals surface area contributed by atoms with Crippen LogP contribution in [0.3, 0.4) is 0 Å². The van der Waals surface area contributed by atoms with Crippen molar-refractivity contribution in [2.75, 3.05) is 13.2 Å². The fraction of sp³-hybridized carbons (Fsp3) is 0.167. The minimum Gasteiger partial charge on any atom is -0.484 e. The summed E-state index contributed by atoms with van der Waals surface area (Å²) in [5.74, 6) is -0.537. The van der Waals surface area contributed by atoms with Crippen molar-refractivity contribution in [1.82, 2.24) is 5.43 Å². The van der Waals surface area contributed by atoms with Gasteiger partial charge in [0.2, 0.25) is 0 Å². The molecule has 0 bridgehead atoms. The first kappa shape index (κ1) is 18.0. The molecule has 0 atom stereocenters. The summed E-state index contributed by atoms with van der Waals surface area (Å²) in [6, 6.07) is 14.1. The maximum atomic E-state index is 11.7. The second-order valence-electron chi connectivity index (χ2n) is 5.12. The van der Waals surface area contributed by atoms with Crippen LogP contribution in [0.25, 0.3) is 0 Å². The van der Waals surface area contributed by atoms with Gasteiger partial charge in [-0.05, 0) is 31.2 Å². The van der Waals surface area contributed by atoms with Crippen LogP contribution in [0.4, 0.5) is 0 Å². The van der Waals surface area contributed by atoms with Gasteiger partial charge in [0.05, 0.1) is 6.21 Å². The number of hydrogen-bond acceptors (Lipinski definition) is 5. The lowest BCUT2D eigenvalue weighted by atomic mass is 10.2. The summed E-state index contributed by atoms with van der Waals surface area (Å²) >= 11 is 0. The minimum atomic E-state index is -1.08. The number of carboxylic acids is 1. The smallest absolute Gasteiger partial charge is 0.341 e. The topological polar surface area (TPSA) is 97.2 Å². The zero-order chi connectivity index (χ0) is 18.1. The number of hydrazone groups is 1. The van der Waals surface area contributed by atoms with E-state index in [9.17, 15) is 9.59 Å². The summed E-state index contributed by atoms with van der Waals surface area (Å²) < 4.78 is 10.5. The van der Waals surface area contributed by atoms with Crippen molar-refractivity contribution < 1.29 is 24.2 Å². The van der Waals surface area contributed by atoms with Crippen LogP contribution in [-0.2, 0) is 9.59 Å². The largest absolute Gasteiger partial charge is 0.484 e. The number of aryl methyl sites for hydroxylation is 1. The number of rotatable bonds is 8. The van der Waals surface area contributed by atoms with Crippen molar-refractivity contribution in [2.45, 2.75) is 6.92 Å². The molecule has 25 heavy (non-hydrogen) atoms. The third kappa shape index (κ3) is 6.34. The molecule has 7 nitrogen and oxygen atoms in total. The van der Waals surface area contributed by atoms with Crippen LogP contribution < -0.4 is 14.9 Å². The summed E-state index contributed by atoms with van der Waals surface area (Å²) in [6.07, 6.45) is 1.38. The van der Waals surface area contributed by atoms with Crippen LogP contribution in [0, 0.1) is 6.92 Å². The van der Waals surface area contributed by atoms with Gasteiger partial charge in [-0.1, -0.05) is 29.8 Å². The lowest BCUT2D eigenvalue weighted by molar-refractivity contribution is -0.139. The van der Waals surface area contributed by atoms with E-state index >= 15 is 0 Å². The van der Waals surface area contributed by atoms with Crippen molar-refractivity contribution in [1.29, 1.82) is 0 Å². The van der Waals surface area contributed by atoms with E-state index in [0.29, 0.717) is 17.1 Å². The molecule has 0 heterocycles. The van der Waals surface area contributed by atoms with Crippen molar-refractivity contribution in [3.8, 4) is 11.5 Å². The normalized spacial score (nSPS) is 10.4. The van der Waals surface area contributed by atoms with E-state index in [-0.39, 0.29) is 6.61 Å². The molecule has 0 aliphatic rings. The van der Waals surface area contributed by atoms with E-state index < -0.39 is 18.5 Å². The lowest BCUT2D eigenvalue weighted by Gasteiger charge is -2.07. The first-order valence-corrected chi connectivity index (χ1v) is 7.49. The maximum Gasteiger partial charge on any atom is 0.341 e. The highest BCUT2D eigenvalue weighted by Crippen LogP contribution is 2.15. The summed E-state index contributed by atoms with van der Waals surface area (Å²) in [7, 11) is 0. The van der Waals surface area contributed by atoms with Gasteiger partial charge in [0.1, 0.15) is 11.5 Å². The molecule has 2 rings (SSSR count). The summed E-state index contributed by atoms with van der Waals surface area (Å²) in [5.41, 5.74) is 3.99. The Kier molecular flexibility index (Phi) is 6.53. The van der Waals surface area contributed by atoms with E-state index in [0.717, 1.165) is 5.56 Å². The third-order valence-electron chi connectivity index (χ3n) is 3.05. The molecular formula is C18H18N2O5. The minimum absolute atomic E-state index is 0.169. The number of carbonyl (C=O) groups excluding carboxylic acids is 1. The second-order valence-corrected chi connectivity index (χ2v) is 5.12. The third-order valence-corrected chi connectivity index (χ3v) is 3.05. The van der Waals surface area contributed by atoms with Crippen LogP contribution in [0.15, 0.2) is 53.6 Å². The van der Waals surface area contributed by atoms with E-state index in [2.05, 4.69) is 10.5 Å². The average Bonchev–Trinajstić information content (AvgIpc) is 2.60. The van der Waals surface area contributed by atoms with Gasteiger partial charge in [-0.25, -0.2) is 10.2 Å². The molecule has 2 aromatic carbocycles. The number of aliphatic carboxylic acids is 1. The number of carboxylic acid groups (broad SMARTS) is 1. The number of benzene rings is 2. The Labute approximate surface area is 144 Å². The second kappa shape index (κ2) is 9.07. The number of ether oxygens (including phenoxy) is 2. The predicted octanol–water partition coefficient (Wildman–Crippen LogP) is 1.99.